The molecule has 0 fully saturated rings. The first-order chi connectivity index (χ1) is 8.61. The summed E-state index contributed by atoms with van der Waals surface area (Å²) in [5, 5.41) is 4.69. The van der Waals surface area contributed by atoms with Crippen LogP contribution >= 0.6 is 0 Å². The highest BCUT2D eigenvalue weighted by Crippen LogP contribution is 2.23. The number of aromatic nitrogens is 1. The Hall–Kier alpha value is -1.41. The van der Waals surface area contributed by atoms with Crippen LogP contribution < -0.4 is 5.32 Å². The van der Waals surface area contributed by atoms with Crippen LogP contribution in [0.2, 0.25) is 0 Å². The molecule has 2 aromatic rings. The van der Waals surface area contributed by atoms with Gasteiger partial charge in [0.15, 0.2) is 0 Å². The van der Waals surface area contributed by atoms with E-state index in [9.17, 15) is 0 Å². The fourth-order valence-corrected chi connectivity index (χ4v) is 2.13. The number of hydrogen-bond donors (Lipinski definition) is 1. The average Bonchev–Trinajstić information content (AvgIpc) is 2.35. The lowest BCUT2D eigenvalue weighted by atomic mass is 10.0. The van der Waals surface area contributed by atoms with Crippen molar-refractivity contribution in [2.75, 3.05) is 6.54 Å². The normalized spacial score (nSPS) is 11.4. The van der Waals surface area contributed by atoms with E-state index in [1.807, 2.05) is 0 Å². The molecule has 1 N–H and O–H groups in total. The van der Waals surface area contributed by atoms with Gasteiger partial charge < -0.3 is 5.32 Å². The summed E-state index contributed by atoms with van der Waals surface area (Å²) in [7, 11) is 0. The Labute approximate surface area is 109 Å². The summed E-state index contributed by atoms with van der Waals surface area (Å²) >= 11 is 0. The van der Waals surface area contributed by atoms with Gasteiger partial charge in [-0.1, -0.05) is 32.4 Å². The van der Waals surface area contributed by atoms with Crippen molar-refractivity contribution < 1.29 is 0 Å². The van der Waals surface area contributed by atoms with Crippen molar-refractivity contribution in [3.63, 3.8) is 0 Å². The van der Waals surface area contributed by atoms with Crippen molar-refractivity contribution in [2.24, 2.45) is 0 Å². The van der Waals surface area contributed by atoms with E-state index in [4.69, 9.17) is 4.98 Å². The van der Waals surface area contributed by atoms with E-state index in [0.717, 1.165) is 18.6 Å². The van der Waals surface area contributed by atoms with E-state index in [-0.39, 0.29) is 0 Å². The first kappa shape index (κ1) is 13.0. The first-order valence-electron chi connectivity index (χ1n) is 6.72. The van der Waals surface area contributed by atoms with Gasteiger partial charge in [-0.25, -0.2) is 0 Å². The van der Waals surface area contributed by atoms with Crippen molar-refractivity contribution >= 4 is 10.9 Å². The van der Waals surface area contributed by atoms with Gasteiger partial charge in [0, 0.05) is 17.6 Å². The van der Waals surface area contributed by atoms with Crippen LogP contribution in [0.5, 0.6) is 0 Å². The zero-order valence-corrected chi connectivity index (χ0v) is 11.7. The Kier molecular flexibility index (Phi) is 3.97. The maximum atomic E-state index is 4.76. The maximum Gasteiger partial charge on any atom is 0.0708 e. The number of pyridine rings is 1. The molecule has 0 saturated heterocycles. The molecule has 2 rings (SSSR count). The molecule has 0 unspecified atom stereocenters. The second kappa shape index (κ2) is 5.49. The van der Waals surface area contributed by atoms with Crippen molar-refractivity contribution in [2.45, 2.75) is 40.2 Å². The van der Waals surface area contributed by atoms with E-state index in [2.05, 4.69) is 57.3 Å². The number of hydrogen-bond acceptors (Lipinski definition) is 2. The van der Waals surface area contributed by atoms with Crippen LogP contribution in [0.1, 0.15) is 43.5 Å². The van der Waals surface area contributed by atoms with Crippen molar-refractivity contribution in [3.05, 3.63) is 41.1 Å². The number of fused-ring (bicyclic) bond motifs is 1. The van der Waals surface area contributed by atoms with Crippen molar-refractivity contribution in [1.29, 1.82) is 0 Å². The quantitative estimate of drug-likeness (QED) is 0.882. The van der Waals surface area contributed by atoms with Crippen LogP contribution in [0.3, 0.4) is 0 Å². The molecule has 0 bridgehead atoms. The highest BCUT2D eigenvalue weighted by atomic mass is 14.8. The number of aryl methyl sites for hydroxylation is 1. The lowest BCUT2D eigenvalue weighted by Crippen LogP contribution is -2.13. The Bertz CT molecular complexity index is 544. The molecule has 1 aromatic carbocycles. The molecule has 2 heteroatoms. The van der Waals surface area contributed by atoms with Crippen LogP contribution in [0, 0.1) is 6.92 Å². The Morgan fingerprint density at radius 2 is 2.00 bits per heavy atom. The average molecular weight is 242 g/mol. The highest BCUT2D eigenvalue weighted by Gasteiger charge is 2.08. The van der Waals surface area contributed by atoms with E-state index < -0.39 is 0 Å². The minimum absolute atomic E-state index is 0.469. The molecule has 0 radical (unpaired) electrons. The van der Waals surface area contributed by atoms with Crippen LogP contribution in [0.25, 0.3) is 10.9 Å². The van der Waals surface area contributed by atoms with Gasteiger partial charge in [0.25, 0.3) is 0 Å². The molecule has 1 aromatic heterocycles. The molecule has 0 aliphatic rings. The summed E-state index contributed by atoms with van der Waals surface area (Å²) in [5.74, 6) is 0.469. The third-order valence-corrected chi connectivity index (χ3v) is 3.23. The number of nitrogens with zero attached hydrogens (tertiary/aromatic N) is 1. The van der Waals surface area contributed by atoms with Gasteiger partial charge in [-0.05, 0) is 43.1 Å². The Morgan fingerprint density at radius 1 is 1.22 bits per heavy atom. The van der Waals surface area contributed by atoms with Gasteiger partial charge >= 0.3 is 0 Å². The summed E-state index contributed by atoms with van der Waals surface area (Å²) < 4.78 is 0. The van der Waals surface area contributed by atoms with Gasteiger partial charge in [-0.15, -0.1) is 0 Å². The van der Waals surface area contributed by atoms with Gasteiger partial charge in [0.2, 0.25) is 0 Å². The first-order valence-corrected chi connectivity index (χ1v) is 6.72. The molecule has 2 nitrogen and oxygen atoms in total. The topological polar surface area (TPSA) is 24.9 Å². The standard InChI is InChI=1S/C16H22N2/c1-5-17-10-13-9-16(11(2)3)18-15-7-6-12(4)8-14(13)15/h6-9,11,17H,5,10H2,1-4H3. The maximum absolute atomic E-state index is 4.76. The van der Waals surface area contributed by atoms with Crippen molar-refractivity contribution in [3.8, 4) is 0 Å². The fraction of sp³-hybridized carbons (Fsp3) is 0.438. The molecule has 1 heterocycles. The molecule has 0 saturated carbocycles. The van der Waals surface area contributed by atoms with Gasteiger partial charge in [0.1, 0.15) is 0 Å². The SMILES string of the molecule is CCNCc1cc(C(C)C)nc2ccc(C)cc12. The summed E-state index contributed by atoms with van der Waals surface area (Å²) in [4.78, 5) is 4.76. The number of nitrogens with one attached hydrogen (secondary N) is 1. The lowest BCUT2D eigenvalue weighted by molar-refractivity contribution is 0.726. The summed E-state index contributed by atoms with van der Waals surface area (Å²) in [6, 6.07) is 8.75. The lowest BCUT2D eigenvalue weighted by Gasteiger charge is -2.12. The van der Waals surface area contributed by atoms with Crippen LogP contribution in [-0.2, 0) is 6.54 Å². The van der Waals surface area contributed by atoms with Gasteiger partial charge in [-0.3, -0.25) is 4.98 Å². The molecular weight excluding hydrogens is 220 g/mol. The van der Waals surface area contributed by atoms with Crippen LogP contribution in [-0.4, -0.2) is 11.5 Å². The highest BCUT2D eigenvalue weighted by molar-refractivity contribution is 5.83. The van der Waals surface area contributed by atoms with Crippen molar-refractivity contribution in [1.82, 2.24) is 10.3 Å². The molecule has 18 heavy (non-hydrogen) atoms. The molecule has 96 valence electrons. The minimum Gasteiger partial charge on any atom is -0.313 e. The summed E-state index contributed by atoms with van der Waals surface area (Å²) in [6.07, 6.45) is 0. The summed E-state index contributed by atoms with van der Waals surface area (Å²) in [5.41, 5.74) is 4.94. The van der Waals surface area contributed by atoms with Crippen LogP contribution in [0.15, 0.2) is 24.3 Å². The van der Waals surface area contributed by atoms with E-state index in [1.165, 1.54) is 22.2 Å². The van der Waals surface area contributed by atoms with E-state index >= 15 is 0 Å². The fourth-order valence-electron chi connectivity index (χ4n) is 2.13. The van der Waals surface area contributed by atoms with E-state index in [0.29, 0.717) is 5.92 Å². The smallest absolute Gasteiger partial charge is 0.0708 e. The Balaban J connectivity index is 2.57. The molecule has 0 amide bonds. The second-order valence-electron chi connectivity index (χ2n) is 5.16. The second-order valence-corrected chi connectivity index (χ2v) is 5.16. The zero-order valence-electron chi connectivity index (χ0n) is 11.7. The van der Waals surface area contributed by atoms with Gasteiger partial charge in [0.05, 0.1) is 5.52 Å². The van der Waals surface area contributed by atoms with Gasteiger partial charge in [-0.2, -0.15) is 0 Å². The number of benzene rings is 1. The molecular formula is C16H22N2. The zero-order chi connectivity index (χ0) is 13.1. The molecule has 0 aliphatic carbocycles. The van der Waals surface area contributed by atoms with Crippen LogP contribution in [0.4, 0.5) is 0 Å². The molecule has 0 aliphatic heterocycles. The largest absolute Gasteiger partial charge is 0.313 e. The monoisotopic (exact) mass is 242 g/mol. The third kappa shape index (κ3) is 2.70. The third-order valence-electron chi connectivity index (χ3n) is 3.23. The summed E-state index contributed by atoms with van der Waals surface area (Å²) in [6.45, 7) is 10.6. The number of rotatable bonds is 4. The minimum atomic E-state index is 0.469. The Morgan fingerprint density at radius 3 is 2.67 bits per heavy atom. The predicted octanol–water partition coefficient (Wildman–Crippen LogP) is 3.78. The predicted molar refractivity (Wildman–Crippen MR) is 77.9 cm³/mol. The molecule has 0 atom stereocenters. The van der Waals surface area contributed by atoms with E-state index in [1.54, 1.807) is 0 Å². The molecule has 0 spiro atoms.